The fourth-order valence-electron chi connectivity index (χ4n) is 1.61. The van der Waals surface area contributed by atoms with Crippen molar-refractivity contribution in [2.24, 2.45) is 0 Å². The minimum atomic E-state index is -0.408. The molecule has 0 heterocycles. The summed E-state index contributed by atoms with van der Waals surface area (Å²) in [5, 5.41) is 0. The predicted octanol–water partition coefficient (Wildman–Crippen LogP) is 3.40. The van der Waals surface area contributed by atoms with E-state index in [2.05, 4.69) is 6.08 Å². The molecule has 1 aliphatic carbocycles. The van der Waals surface area contributed by atoms with Crippen LogP contribution in [0.15, 0.2) is 66.0 Å². The lowest BCUT2D eigenvalue weighted by molar-refractivity contribution is -0.138. The average Bonchev–Trinajstić information content (AvgIpc) is 2.62. The van der Waals surface area contributed by atoms with E-state index in [1.165, 1.54) is 5.57 Å². The Labute approximate surface area is 112 Å². The largest absolute Gasteiger partial charge is 0.482 e. The van der Waals surface area contributed by atoms with Crippen LogP contribution in [0, 0.1) is 0 Å². The zero-order valence-electron chi connectivity index (χ0n) is 10.8. The quantitative estimate of drug-likeness (QED) is 0.612. The molecule has 3 nitrogen and oxygen atoms in total. The monoisotopic (exact) mass is 256 g/mol. The second-order valence-electron chi connectivity index (χ2n) is 4.20. The molecule has 19 heavy (non-hydrogen) atoms. The number of carbonyl (C=O) groups excluding carboxylic acids is 1. The van der Waals surface area contributed by atoms with Gasteiger partial charge in [0, 0.05) is 0 Å². The van der Waals surface area contributed by atoms with Crippen LogP contribution in [0.25, 0.3) is 0 Å². The van der Waals surface area contributed by atoms with Gasteiger partial charge in [-0.25, -0.2) is 4.79 Å². The third kappa shape index (κ3) is 4.47. The number of hydrogen-bond acceptors (Lipinski definition) is 3. The highest BCUT2D eigenvalue weighted by atomic mass is 16.6. The van der Waals surface area contributed by atoms with Crippen molar-refractivity contribution in [3.8, 4) is 5.75 Å². The molecule has 0 spiro atoms. The Hall–Kier alpha value is -2.29. The van der Waals surface area contributed by atoms with Crippen LogP contribution in [0.4, 0.5) is 0 Å². The molecule has 0 aromatic heterocycles. The first-order chi connectivity index (χ1) is 9.24. The third-order valence-corrected chi connectivity index (χ3v) is 2.60. The Morgan fingerprint density at radius 1 is 1.16 bits per heavy atom. The molecule has 3 heteroatoms. The number of para-hydroxylation sites is 1. The molecule has 1 aliphatic rings. The lowest BCUT2D eigenvalue weighted by atomic mass is 10.2. The van der Waals surface area contributed by atoms with Crippen molar-refractivity contribution in [1.29, 1.82) is 0 Å². The van der Waals surface area contributed by atoms with E-state index in [9.17, 15) is 4.79 Å². The molecule has 1 aromatic rings. The Morgan fingerprint density at radius 2 is 1.95 bits per heavy atom. The number of rotatable bonds is 4. The number of allylic oxidation sites excluding steroid dienone is 5. The molecule has 0 amide bonds. The molecule has 0 atom stereocenters. The van der Waals surface area contributed by atoms with E-state index in [4.69, 9.17) is 9.47 Å². The van der Waals surface area contributed by atoms with Gasteiger partial charge < -0.3 is 9.47 Å². The predicted molar refractivity (Wildman–Crippen MR) is 73.6 cm³/mol. The van der Waals surface area contributed by atoms with Crippen LogP contribution in [0.3, 0.4) is 0 Å². The van der Waals surface area contributed by atoms with Crippen LogP contribution in [0.1, 0.15) is 13.3 Å². The van der Waals surface area contributed by atoms with Crippen molar-refractivity contribution >= 4 is 5.97 Å². The first-order valence-electron chi connectivity index (χ1n) is 6.17. The number of ether oxygens (including phenoxy) is 2. The van der Waals surface area contributed by atoms with E-state index in [1.54, 1.807) is 12.1 Å². The second-order valence-corrected chi connectivity index (χ2v) is 4.20. The average molecular weight is 256 g/mol. The fraction of sp³-hybridized carbons (Fsp3) is 0.188. The van der Waals surface area contributed by atoms with Crippen molar-refractivity contribution in [1.82, 2.24) is 0 Å². The summed E-state index contributed by atoms with van der Waals surface area (Å²) in [4.78, 5) is 11.6. The minimum absolute atomic E-state index is 0.0931. The van der Waals surface area contributed by atoms with Gasteiger partial charge in [-0.2, -0.15) is 0 Å². The third-order valence-electron chi connectivity index (χ3n) is 2.60. The Balaban J connectivity index is 1.81. The lowest BCUT2D eigenvalue weighted by Gasteiger charge is -2.06. The molecule has 0 saturated carbocycles. The van der Waals surface area contributed by atoms with Crippen LogP contribution in [-0.4, -0.2) is 12.6 Å². The first-order valence-corrected chi connectivity index (χ1v) is 6.17. The molecule has 2 rings (SSSR count). The van der Waals surface area contributed by atoms with E-state index < -0.39 is 5.97 Å². The molecule has 0 N–H and O–H groups in total. The van der Waals surface area contributed by atoms with Gasteiger partial charge >= 0.3 is 5.97 Å². The summed E-state index contributed by atoms with van der Waals surface area (Å²) < 4.78 is 10.5. The van der Waals surface area contributed by atoms with E-state index in [1.807, 2.05) is 43.4 Å². The SMILES string of the molecule is CC1=CCC=C(OCC(=O)Oc2ccccc2)C=C1. The molecular weight excluding hydrogens is 240 g/mol. The van der Waals surface area contributed by atoms with Gasteiger partial charge in [0.05, 0.1) is 0 Å². The summed E-state index contributed by atoms with van der Waals surface area (Å²) in [6.45, 7) is 1.93. The maximum atomic E-state index is 11.6. The number of carbonyl (C=O) groups is 1. The fourth-order valence-corrected chi connectivity index (χ4v) is 1.61. The topological polar surface area (TPSA) is 35.5 Å². The lowest BCUT2D eigenvalue weighted by Crippen LogP contribution is -2.15. The molecule has 0 bridgehead atoms. The smallest absolute Gasteiger partial charge is 0.349 e. The van der Waals surface area contributed by atoms with Crippen LogP contribution in [-0.2, 0) is 9.53 Å². The summed E-state index contributed by atoms with van der Waals surface area (Å²) in [6, 6.07) is 8.96. The molecule has 0 radical (unpaired) electrons. The van der Waals surface area contributed by atoms with Gasteiger partial charge in [0.25, 0.3) is 0 Å². The summed E-state index contributed by atoms with van der Waals surface area (Å²) in [5.74, 6) is 0.812. The zero-order chi connectivity index (χ0) is 13.5. The standard InChI is InChI=1S/C16H16O3/c1-13-6-5-9-14(11-10-13)18-12-16(17)19-15-7-3-2-4-8-15/h2-4,6-11H,5,12H2,1H3. The number of hydrogen-bond donors (Lipinski definition) is 0. The van der Waals surface area contributed by atoms with Gasteiger partial charge in [0.15, 0.2) is 6.61 Å². The maximum absolute atomic E-state index is 11.6. The molecule has 0 fully saturated rings. The first kappa shape index (κ1) is 13.1. The van der Waals surface area contributed by atoms with Gasteiger partial charge in [0.2, 0.25) is 0 Å². The normalized spacial score (nSPS) is 14.2. The van der Waals surface area contributed by atoms with Gasteiger partial charge in [0.1, 0.15) is 11.5 Å². The van der Waals surface area contributed by atoms with Crippen LogP contribution >= 0.6 is 0 Å². The van der Waals surface area contributed by atoms with Crippen molar-refractivity contribution in [3.05, 3.63) is 66.0 Å². The van der Waals surface area contributed by atoms with E-state index >= 15 is 0 Å². The highest BCUT2D eigenvalue weighted by molar-refractivity contribution is 5.73. The van der Waals surface area contributed by atoms with Crippen LogP contribution in [0.5, 0.6) is 5.75 Å². The molecular formula is C16H16O3. The van der Waals surface area contributed by atoms with Crippen molar-refractivity contribution in [2.75, 3.05) is 6.61 Å². The van der Waals surface area contributed by atoms with Crippen LogP contribution in [0.2, 0.25) is 0 Å². The molecule has 98 valence electrons. The zero-order valence-corrected chi connectivity index (χ0v) is 10.8. The van der Waals surface area contributed by atoms with Gasteiger partial charge in [-0.3, -0.25) is 0 Å². The summed E-state index contributed by atoms with van der Waals surface area (Å²) in [7, 11) is 0. The van der Waals surface area contributed by atoms with Crippen molar-refractivity contribution < 1.29 is 14.3 Å². The van der Waals surface area contributed by atoms with E-state index in [-0.39, 0.29) is 6.61 Å². The van der Waals surface area contributed by atoms with Crippen molar-refractivity contribution in [2.45, 2.75) is 13.3 Å². The Morgan fingerprint density at radius 3 is 2.74 bits per heavy atom. The van der Waals surface area contributed by atoms with Gasteiger partial charge in [-0.1, -0.05) is 35.9 Å². The van der Waals surface area contributed by atoms with E-state index in [0.717, 1.165) is 6.42 Å². The maximum Gasteiger partial charge on any atom is 0.349 e. The van der Waals surface area contributed by atoms with Crippen molar-refractivity contribution in [3.63, 3.8) is 0 Å². The Bertz CT molecular complexity index is 524. The highest BCUT2D eigenvalue weighted by Crippen LogP contribution is 2.12. The summed E-state index contributed by atoms with van der Waals surface area (Å²) in [5.41, 5.74) is 1.18. The second kappa shape index (κ2) is 6.59. The van der Waals surface area contributed by atoms with E-state index in [0.29, 0.717) is 11.5 Å². The molecule has 0 saturated heterocycles. The Kier molecular flexibility index (Phi) is 4.56. The van der Waals surface area contributed by atoms with Crippen LogP contribution < -0.4 is 4.74 Å². The van der Waals surface area contributed by atoms with Gasteiger partial charge in [-0.05, 0) is 37.6 Å². The summed E-state index contributed by atoms with van der Waals surface area (Å²) >= 11 is 0. The highest BCUT2D eigenvalue weighted by Gasteiger charge is 2.06. The summed E-state index contributed by atoms with van der Waals surface area (Å²) in [6.07, 6.45) is 8.65. The minimum Gasteiger partial charge on any atom is -0.482 e. The number of benzene rings is 1. The van der Waals surface area contributed by atoms with Gasteiger partial charge in [-0.15, -0.1) is 0 Å². The number of esters is 1. The molecule has 0 unspecified atom stereocenters. The molecule has 1 aromatic carbocycles. The molecule has 0 aliphatic heterocycles.